The van der Waals surface area contributed by atoms with Crippen LogP contribution < -0.4 is 10.5 Å². The van der Waals surface area contributed by atoms with Gasteiger partial charge in [-0.2, -0.15) is 4.98 Å². The molecule has 2 rings (SSSR count). The molecule has 0 saturated heterocycles. The van der Waals surface area contributed by atoms with Gasteiger partial charge in [-0.3, -0.25) is 0 Å². The maximum atomic E-state index is 5.77. The van der Waals surface area contributed by atoms with Crippen molar-refractivity contribution < 1.29 is 4.74 Å². The van der Waals surface area contributed by atoms with Gasteiger partial charge >= 0.3 is 0 Å². The molecule has 5 heteroatoms. The lowest BCUT2D eigenvalue weighted by Gasteiger charge is -2.07. The number of pyridine rings is 1. The van der Waals surface area contributed by atoms with Crippen LogP contribution in [0.4, 0.5) is 5.69 Å². The fraction of sp³-hybridized carbons (Fsp3) is 0. The maximum absolute atomic E-state index is 5.77. The van der Waals surface area contributed by atoms with Crippen LogP contribution in [0.15, 0.2) is 36.4 Å². The van der Waals surface area contributed by atoms with Crippen molar-refractivity contribution in [3.8, 4) is 11.6 Å². The Morgan fingerprint density at radius 2 is 2.06 bits per heavy atom. The van der Waals surface area contributed by atoms with Gasteiger partial charge in [0.1, 0.15) is 10.9 Å². The fourth-order valence-corrected chi connectivity index (χ4v) is 1.81. The van der Waals surface area contributed by atoms with Crippen molar-refractivity contribution in [3.63, 3.8) is 0 Å². The van der Waals surface area contributed by atoms with E-state index in [1.165, 1.54) is 0 Å². The summed E-state index contributed by atoms with van der Waals surface area (Å²) in [6.07, 6.45) is 0. The number of nitrogen functional groups attached to an aromatic ring is 1. The first-order valence-electron chi connectivity index (χ1n) is 4.50. The lowest BCUT2D eigenvalue weighted by molar-refractivity contribution is 0.465. The second-order valence-corrected chi connectivity index (χ2v) is 4.72. The predicted octanol–water partition coefficient (Wildman–Crippen LogP) is 3.71. The summed E-state index contributed by atoms with van der Waals surface area (Å²) in [4.78, 5) is 4.01. The molecular weight excluding hydrogens is 338 g/mol. The molecule has 2 N–H and O–H groups in total. The van der Waals surface area contributed by atoms with Crippen LogP contribution in [0.3, 0.4) is 0 Å². The molecule has 0 amide bonds. The zero-order valence-corrected chi connectivity index (χ0v) is 11.1. The van der Waals surface area contributed by atoms with Gasteiger partial charge in [0, 0.05) is 3.57 Å². The number of rotatable bonds is 2. The molecule has 0 aliphatic carbocycles. The number of benzene rings is 1. The molecule has 0 spiro atoms. The number of anilines is 1. The minimum absolute atomic E-state index is 0.328. The Morgan fingerprint density at radius 3 is 2.81 bits per heavy atom. The van der Waals surface area contributed by atoms with E-state index in [1.54, 1.807) is 12.1 Å². The Kier molecular flexibility index (Phi) is 3.50. The van der Waals surface area contributed by atoms with E-state index < -0.39 is 0 Å². The highest BCUT2D eigenvalue weighted by Gasteiger charge is 2.05. The SMILES string of the molecule is Nc1ccc(Cl)nc1Oc1cccc(I)c1. The molecule has 0 bridgehead atoms. The number of nitrogens with zero attached hydrogens (tertiary/aromatic N) is 1. The fourth-order valence-electron chi connectivity index (χ4n) is 1.15. The molecule has 0 aliphatic heterocycles. The number of hydrogen-bond acceptors (Lipinski definition) is 3. The summed E-state index contributed by atoms with van der Waals surface area (Å²) in [5.41, 5.74) is 6.19. The first kappa shape index (κ1) is 11.5. The van der Waals surface area contributed by atoms with Gasteiger partial charge < -0.3 is 10.5 Å². The Balaban J connectivity index is 2.30. The number of hydrogen-bond donors (Lipinski definition) is 1. The third-order valence-electron chi connectivity index (χ3n) is 1.87. The highest BCUT2D eigenvalue weighted by Crippen LogP contribution is 2.27. The smallest absolute Gasteiger partial charge is 0.244 e. The van der Waals surface area contributed by atoms with Crippen molar-refractivity contribution in [2.45, 2.75) is 0 Å². The van der Waals surface area contributed by atoms with E-state index >= 15 is 0 Å². The lowest BCUT2D eigenvalue weighted by Crippen LogP contribution is -1.95. The normalized spacial score (nSPS) is 10.1. The quantitative estimate of drug-likeness (QED) is 0.666. The van der Waals surface area contributed by atoms with Gasteiger partial charge in [-0.1, -0.05) is 17.7 Å². The highest BCUT2D eigenvalue weighted by atomic mass is 127. The van der Waals surface area contributed by atoms with Crippen LogP contribution in [-0.2, 0) is 0 Å². The molecular formula is C11H8ClIN2O. The topological polar surface area (TPSA) is 48.1 Å². The molecule has 0 unspecified atom stereocenters. The van der Waals surface area contributed by atoms with Gasteiger partial charge in [0.05, 0.1) is 5.69 Å². The van der Waals surface area contributed by atoms with Crippen LogP contribution in [0.1, 0.15) is 0 Å². The van der Waals surface area contributed by atoms with Gasteiger partial charge in [0.15, 0.2) is 0 Å². The van der Waals surface area contributed by atoms with E-state index in [4.69, 9.17) is 22.1 Å². The third kappa shape index (κ3) is 2.76. The van der Waals surface area contributed by atoms with E-state index in [9.17, 15) is 0 Å². The molecule has 3 nitrogen and oxygen atoms in total. The van der Waals surface area contributed by atoms with Gasteiger partial charge in [0.25, 0.3) is 0 Å². The summed E-state index contributed by atoms with van der Waals surface area (Å²) in [6, 6.07) is 10.9. The largest absolute Gasteiger partial charge is 0.437 e. The molecule has 0 aliphatic rings. The minimum Gasteiger partial charge on any atom is -0.437 e. The van der Waals surface area contributed by atoms with Crippen LogP contribution >= 0.6 is 34.2 Å². The summed E-state index contributed by atoms with van der Waals surface area (Å²) in [5.74, 6) is 1.02. The molecule has 1 heterocycles. The molecule has 82 valence electrons. The van der Waals surface area contributed by atoms with Crippen LogP contribution in [0.25, 0.3) is 0 Å². The molecule has 2 aromatic rings. The minimum atomic E-state index is 0.328. The second-order valence-electron chi connectivity index (χ2n) is 3.09. The van der Waals surface area contributed by atoms with E-state index in [1.807, 2.05) is 24.3 Å². The predicted molar refractivity (Wildman–Crippen MR) is 72.9 cm³/mol. The van der Waals surface area contributed by atoms with Crippen molar-refractivity contribution in [1.29, 1.82) is 0 Å². The van der Waals surface area contributed by atoms with Gasteiger partial charge in [-0.05, 0) is 52.9 Å². The Morgan fingerprint density at radius 1 is 1.25 bits per heavy atom. The zero-order chi connectivity index (χ0) is 11.5. The van der Waals surface area contributed by atoms with Crippen molar-refractivity contribution in [1.82, 2.24) is 4.98 Å². The molecule has 1 aromatic heterocycles. The van der Waals surface area contributed by atoms with Crippen molar-refractivity contribution in [2.24, 2.45) is 0 Å². The molecule has 0 radical (unpaired) electrons. The average molecular weight is 347 g/mol. The van der Waals surface area contributed by atoms with Crippen LogP contribution in [0, 0.1) is 3.57 Å². The molecule has 0 fully saturated rings. The molecule has 0 saturated carbocycles. The van der Waals surface area contributed by atoms with Crippen molar-refractivity contribution >= 4 is 39.9 Å². The summed E-state index contributed by atoms with van der Waals surface area (Å²) in [7, 11) is 0. The first-order valence-corrected chi connectivity index (χ1v) is 5.96. The summed E-state index contributed by atoms with van der Waals surface area (Å²) in [6.45, 7) is 0. The molecule has 16 heavy (non-hydrogen) atoms. The van der Waals surface area contributed by atoms with Crippen LogP contribution in [0.5, 0.6) is 11.6 Å². The van der Waals surface area contributed by atoms with Crippen LogP contribution in [-0.4, -0.2) is 4.98 Å². The second kappa shape index (κ2) is 4.88. The van der Waals surface area contributed by atoms with Crippen LogP contribution in [0.2, 0.25) is 5.15 Å². The first-order chi connectivity index (χ1) is 7.65. The van der Waals surface area contributed by atoms with Crippen molar-refractivity contribution in [3.05, 3.63) is 45.1 Å². The highest BCUT2D eigenvalue weighted by molar-refractivity contribution is 14.1. The Labute approximate surface area is 112 Å². The van der Waals surface area contributed by atoms with Gasteiger partial charge in [-0.25, -0.2) is 0 Å². The number of aromatic nitrogens is 1. The third-order valence-corrected chi connectivity index (χ3v) is 2.75. The zero-order valence-electron chi connectivity index (χ0n) is 8.15. The van der Waals surface area contributed by atoms with Gasteiger partial charge in [0.2, 0.25) is 5.88 Å². The maximum Gasteiger partial charge on any atom is 0.244 e. The average Bonchev–Trinajstić information content (AvgIpc) is 2.24. The lowest BCUT2D eigenvalue weighted by atomic mass is 10.3. The van der Waals surface area contributed by atoms with Crippen molar-refractivity contribution in [2.75, 3.05) is 5.73 Å². The summed E-state index contributed by atoms with van der Waals surface area (Å²) in [5, 5.41) is 0.356. The molecule has 0 atom stereocenters. The van der Waals surface area contributed by atoms with Gasteiger partial charge in [-0.15, -0.1) is 0 Å². The monoisotopic (exact) mass is 346 g/mol. The van der Waals surface area contributed by atoms with E-state index in [2.05, 4.69) is 27.6 Å². The van der Waals surface area contributed by atoms with E-state index in [-0.39, 0.29) is 0 Å². The Bertz CT molecular complexity index is 519. The Hall–Kier alpha value is -1.01. The van der Waals surface area contributed by atoms with E-state index in [0.29, 0.717) is 22.5 Å². The summed E-state index contributed by atoms with van der Waals surface area (Å²) < 4.78 is 6.62. The standard InChI is InChI=1S/C11H8ClIN2O/c12-10-5-4-9(14)11(15-10)16-8-3-1-2-7(13)6-8/h1-6H,14H2. The number of nitrogens with two attached hydrogens (primary N) is 1. The molecule has 1 aromatic carbocycles. The number of halogens is 2. The number of ether oxygens (including phenoxy) is 1. The van der Waals surface area contributed by atoms with E-state index in [0.717, 1.165) is 3.57 Å². The summed E-state index contributed by atoms with van der Waals surface area (Å²) >= 11 is 7.97.